The van der Waals surface area contributed by atoms with Gasteiger partial charge in [0.1, 0.15) is 12.0 Å². The van der Waals surface area contributed by atoms with Crippen molar-refractivity contribution in [1.29, 1.82) is 0 Å². The van der Waals surface area contributed by atoms with Crippen LogP contribution in [0.3, 0.4) is 0 Å². The maximum absolute atomic E-state index is 11.6. The Labute approximate surface area is 93.8 Å². The highest BCUT2D eigenvalue weighted by Crippen LogP contribution is 2.28. The quantitative estimate of drug-likeness (QED) is 0.798. The van der Waals surface area contributed by atoms with Gasteiger partial charge in [-0.3, -0.25) is 0 Å². The second-order valence-corrected chi connectivity index (χ2v) is 5.48. The maximum Gasteiger partial charge on any atom is 0.176 e. The molecule has 0 fully saturated rings. The van der Waals surface area contributed by atoms with Gasteiger partial charge in [-0.15, -0.1) is 0 Å². The lowest BCUT2D eigenvalue weighted by atomic mass is 10.1. The monoisotopic (exact) mass is 236 g/mol. The number of aryl methyl sites for hydroxylation is 1. The van der Waals surface area contributed by atoms with E-state index in [2.05, 4.69) is 11.2 Å². The highest BCUT2D eigenvalue weighted by Gasteiger charge is 2.18. The highest BCUT2D eigenvalue weighted by atomic mass is 32.2. The van der Waals surface area contributed by atoms with Crippen molar-refractivity contribution >= 4 is 9.84 Å². The van der Waals surface area contributed by atoms with Crippen LogP contribution in [0.15, 0.2) is 33.9 Å². The third kappa shape index (κ3) is 1.86. The molecule has 5 heteroatoms. The number of benzene rings is 1. The number of aromatic nitrogens is 1. The number of nitrogens with zero attached hydrogens (tertiary/aromatic N) is 1. The van der Waals surface area contributed by atoms with Crippen LogP contribution in [0.4, 0.5) is 0 Å². The standard InChI is InChI=1S/C11H10NO3S/c1-8-4-3-5-10(16(2,13)14)11(8)9-6-7-15-12-9/h3,5-7H,1-2H3. The Morgan fingerprint density at radius 2 is 2.12 bits per heavy atom. The number of hydrogen-bond donors (Lipinski definition) is 0. The molecule has 0 unspecified atom stereocenters. The molecule has 2 aromatic rings. The first-order chi connectivity index (χ1) is 7.50. The molecule has 0 saturated heterocycles. The fourth-order valence-electron chi connectivity index (χ4n) is 1.55. The molecule has 0 aliphatic rings. The van der Waals surface area contributed by atoms with Gasteiger partial charge in [-0.05, 0) is 24.6 Å². The summed E-state index contributed by atoms with van der Waals surface area (Å²) < 4.78 is 28.0. The summed E-state index contributed by atoms with van der Waals surface area (Å²) in [6.07, 6.45) is 2.58. The second-order valence-electron chi connectivity index (χ2n) is 3.50. The molecule has 1 radical (unpaired) electrons. The van der Waals surface area contributed by atoms with Crippen molar-refractivity contribution in [1.82, 2.24) is 5.16 Å². The zero-order chi connectivity index (χ0) is 11.8. The first-order valence-corrected chi connectivity index (χ1v) is 6.51. The van der Waals surface area contributed by atoms with Crippen LogP contribution in [-0.2, 0) is 9.84 Å². The molecule has 4 nitrogen and oxygen atoms in total. The first kappa shape index (κ1) is 10.9. The molecule has 1 aromatic heterocycles. The predicted molar refractivity (Wildman–Crippen MR) is 58.6 cm³/mol. The SMILES string of the molecule is Cc1[c]ccc(S(C)(=O)=O)c1-c1ccon1. The van der Waals surface area contributed by atoms with Crippen LogP contribution >= 0.6 is 0 Å². The van der Waals surface area contributed by atoms with E-state index in [0.717, 1.165) is 5.56 Å². The number of hydrogen-bond acceptors (Lipinski definition) is 4. The van der Waals surface area contributed by atoms with E-state index in [9.17, 15) is 8.42 Å². The van der Waals surface area contributed by atoms with Crippen molar-refractivity contribution in [2.24, 2.45) is 0 Å². The minimum absolute atomic E-state index is 0.248. The van der Waals surface area contributed by atoms with Gasteiger partial charge in [0, 0.05) is 17.9 Å². The summed E-state index contributed by atoms with van der Waals surface area (Å²) in [5.74, 6) is 0. The van der Waals surface area contributed by atoms with Gasteiger partial charge < -0.3 is 4.52 Å². The van der Waals surface area contributed by atoms with Crippen LogP contribution < -0.4 is 0 Å². The van der Waals surface area contributed by atoms with Gasteiger partial charge in [0.15, 0.2) is 9.84 Å². The van der Waals surface area contributed by atoms with E-state index in [4.69, 9.17) is 4.52 Å². The minimum atomic E-state index is -3.28. The minimum Gasteiger partial charge on any atom is -0.364 e. The van der Waals surface area contributed by atoms with Crippen LogP contribution in [0.25, 0.3) is 11.3 Å². The summed E-state index contributed by atoms with van der Waals surface area (Å²) in [7, 11) is -3.28. The topological polar surface area (TPSA) is 60.2 Å². The summed E-state index contributed by atoms with van der Waals surface area (Å²) in [4.78, 5) is 0.248. The zero-order valence-electron chi connectivity index (χ0n) is 8.89. The Morgan fingerprint density at radius 1 is 1.38 bits per heavy atom. The summed E-state index contributed by atoms with van der Waals surface area (Å²) in [6.45, 7) is 1.79. The molecule has 83 valence electrons. The molecule has 0 amide bonds. The van der Waals surface area contributed by atoms with Gasteiger partial charge in [0.25, 0.3) is 0 Å². The van der Waals surface area contributed by atoms with E-state index < -0.39 is 9.84 Å². The Bertz CT molecular complexity index is 600. The number of sulfone groups is 1. The Kier molecular flexibility index (Phi) is 2.55. The van der Waals surface area contributed by atoms with Crippen LogP contribution in [0.1, 0.15) is 5.56 Å². The van der Waals surface area contributed by atoms with Crippen LogP contribution in [0, 0.1) is 13.0 Å². The van der Waals surface area contributed by atoms with E-state index in [1.807, 2.05) is 0 Å². The molecule has 0 saturated carbocycles. The van der Waals surface area contributed by atoms with E-state index in [0.29, 0.717) is 11.3 Å². The first-order valence-electron chi connectivity index (χ1n) is 4.62. The van der Waals surface area contributed by atoms with E-state index in [1.54, 1.807) is 19.1 Å². The highest BCUT2D eigenvalue weighted by molar-refractivity contribution is 7.90. The van der Waals surface area contributed by atoms with Crippen molar-refractivity contribution in [3.8, 4) is 11.3 Å². The molecule has 0 bridgehead atoms. The Hall–Kier alpha value is -1.62. The summed E-state index contributed by atoms with van der Waals surface area (Å²) in [6, 6.07) is 7.70. The summed E-state index contributed by atoms with van der Waals surface area (Å²) in [5, 5.41) is 3.76. The van der Waals surface area contributed by atoms with Crippen molar-refractivity contribution in [3.63, 3.8) is 0 Å². The van der Waals surface area contributed by atoms with Gasteiger partial charge in [-0.25, -0.2) is 8.42 Å². The van der Waals surface area contributed by atoms with Gasteiger partial charge in [-0.2, -0.15) is 0 Å². The third-order valence-electron chi connectivity index (χ3n) is 2.25. The van der Waals surface area contributed by atoms with Crippen LogP contribution in [0.5, 0.6) is 0 Å². The average molecular weight is 236 g/mol. The fourth-order valence-corrected chi connectivity index (χ4v) is 2.50. The fraction of sp³-hybridized carbons (Fsp3) is 0.182. The van der Waals surface area contributed by atoms with E-state index >= 15 is 0 Å². The van der Waals surface area contributed by atoms with Crippen molar-refractivity contribution < 1.29 is 12.9 Å². The third-order valence-corrected chi connectivity index (χ3v) is 3.39. The van der Waals surface area contributed by atoms with Crippen molar-refractivity contribution in [2.75, 3.05) is 6.26 Å². The average Bonchev–Trinajstić information content (AvgIpc) is 2.68. The molecule has 0 atom stereocenters. The molecule has 0 N–H and O–H groups in total. The Morgan fingerprint density at radius 3 is 2.69 bits per heavy atom. The molecule has 1 aromatic carbocycles. The molecular weight excluding hydrogens is 226 g/mol. The molecule has 0 aliphatic heterocycles. The Balaban J connectivity index is 2.78. The molecular formula is C11H10NO3S. The molecule has 0 aliphatic carbocycles. The maximum atomic E-state index is 11.6. The molecule has 0 spiro atoms. The van der Waals surface area contributed by atoms with Crippen molar-refractivity contribution in [3.05, 3.63) is 36.1 Å². The van der Waals surface area contributed by atoms with Gasteiger partial charge in [0.2, 0.25) is 0 Å². The second kappa shape index (κ2) is 3.75. The summed E-state index contributed by atoms with van der Waals surface area (Å²) in [5.41, 5.74) is 1.80. The van der Waals surface area contributed by atoms with Gasteiger partial charge in [-0.1, -0.05) is 11.2 Å². The lowest BCUT2D eigenvalue weighted by Gasteiger charge is -2.07. The largest absolute Gasteiger partial charge is 0.364 e. The lowest BCUT2D eigenvalue weighted by Crippen LogP contribution is -2.01. The van der Waals surface area contributed by atoms with E-state index in [-0.39, 0.29) is 4.90 Å². The predicted octanol–water partition coefficient (Wildman–Crippen LogP) is 1.85. The van der Waals surface area contributed by atoms with E-state index in [1.165, 1.54) is 18.6 Å². The molecule has 16 heavy (non-hydrogen) atoms. The van der Waals surface area contributed by atoms with Crippen molar-refractivity contribution in [2.45, 2.75) is 11.8 Å². The van der Waals surface area contributed by atoms with Gasteiger partial charge >= 0.3 is 0 Å². The number of rotatable bonds is 2. The molecule has 1 heterocycles. The molecule has 2 rings (SSSR count). The van der Waals surface area contributed by atoms with Gasteiger partial charge in [0.05, 0.1) is 4.90 Å². The zero-order valence-corrected chi connectivity index (χ0v) is 9.71. The normalized spacial score (nSPS) is 11.6. The summed E-state index contributed by atoms with van der Waals surface area (Å²) >= 11 is 0. The lowest BCUT2D eigenvalue weighted by molar-refractivity contribution is 0.422. The van der Waals surface area contributed by atoms with Crippen LogP contribution in [0.2, 0.25) is 0 Å². The smallest absolute Gasteiger partial charge is 0.176 e. The van der Waals surface area contributed by atoms with Crippen LogP contribution in [-0.4, -0.2) is 19.8 Å².